The molecule has 3 heterocycles. The Hall–Kier alpha value is -3.89. The van der Waals surface area contributed by atoms with E-state index in [4.69, 9.17) is 20.8 Å². The first kappa shape index (κ1) is 27.3. The van der Waals surface area contributed by atoms with E-state index >= 15 is 0 Å². The number of carbonyl (C=O) groups excluding carboxylic acids is 1. The van der Waals surface area contributed by atoms with Gasteiger partial charge in [0.05, 0.1) is 30.1 Å². The van der Waals surface area contributed by atoms with Gasteiger partial charge < -0.3 is 19.8 Å². The molecule has 0 spiro atoms. The molecule has 1 unspecified atom stereocenters. The largest absolute Gasteiger partial charge is 0.493 e. The first-order valence-corrected chi connectivity index (χ1v) is 14.5. The number of hydrogen-bond donors (Lipinski definition) is 2. The summed E-state index contributed by atoms with van der Waals surface area (Å²) >= 11 is 6.22. The second kappa shape index (κ2) is 11.5. The lowest BCUT2D eigenvalue weighted by atomic mass is 9.81. The molecule has 10 nitrogen and oxygen atoms in total. The number of rotatable bonds is 8. The number of amides is 1. The predicted molar refractivity (Wildman–Crippen MR) is 156 cm³/mol. The monoisotopic (exact) mass is 576 g/mol. The first-order chi connectivity index (χ1) is 20.0. The number of anilines is 1. The van der Waals surface area contributed by atoms with Crippen molar-refractivity contribution in [2.75, 3.05) is 19.0 Å². The molecule has 1 saturated carbocycles. The Bertz CT molecular complexity index is 1610. The summed E-state index contributed by atoms with van der Waals surface area (Å²) in [6, 6.07) is 15.0. The summed E-state index contributed by atoms with van der Waals surface area (Å²) in [6.45, 7) is 3.05. The number of ether oxygens (including phenoxy) is 1. The van der Waals surface area contributed by atoms with E-state index in [0.717, 1.165) is 30.6 Å². The molecule has 1 fully saturated rings. The van der Waals surface area contributed by atoms with Gasteiger partial charge in [0.15, 0.2) is 0 Å². The van der Waals surface area contributed by atoms with Gasteiger partial charge in [-0.3, -0.25) is 14.3 Å². The Morgan fingerprint density at radius 2 is 2.00 bits per heavy atom. The molecule has 0 saturated heterocycles. The van der Waals surface area contributed by atoms with Crippen LogP contribution in [0.25, 0.3) is 17.1 Å². The maximum atomic E-state index is 13.6. The third-order valence-electron chi connectivity index (χ3n) is 8.04. The van der Waals surface area contributed by atoms with Crippen LogP contribution in [0.2, 0.25) is 5.02 Å². The van der Waals surface area contributed by atoms with Crippen molar-refractivity contribution in [3.63, 3.8) is 0 Å². The first-order valence-electron chi connectivity index (χ1n) is 14.1. The van der Waals surface area contributed by atoms with Gasteiger partial charge in [-0.2, -0.15) is 0 Å². The summed E-state index contributed by atoms with van der Waals surface area (Å²) in [6.07, 6.45) is 3.63. The van der Waals surface area contributed by atoms with Crippen LogP contribution in [-0.4, -0.2) is 45.2 Å². The van der Waals surface area contributed by atoms with Crippen LogP contribution in [0.15, 0.2) is 57.7 Å². The summed E-state index contributed by atoms with van der Waals surface area (Å²) in [7, 11) is 1.91. The Morgan fingerprint density at radius 3 is 2.78 bits per heavy atom. The Morgan fingerprint density at radius 1 is 1.17 bits per heavy atom. The molecule has 0 radical (unpaired) electrons. The number of benzene rings is 2. The van der Waals surface area contributed by atoms with E-state index in [1.54, 1.807) is 22.9 Å². The zero-order valence-corrected chi connectivity index (χ0v) is 23.9. The number of hydrogen-bond acceptors (Lipinski definition) is 7. The number of fused-ring (bicyclic) bond motifs is 1. The Labute approximate surface area is 242 Å². The minimum Gasteiger partial charge on any atom is -0.493 e. The molecule has 41 heavy (non-hydrogen) atoms. The van der Waals surface area contributed by atoms with Crippen molar-refractivity contribution >= 4 is 23.2 Å². The van der Waals surface area contributed by atoms with E-state index in [1.807, 2.05) is 49.0 Å². The molecule has 6 rings (SSSR count). The molecule has 3 atom stereocenters. The molecule has 1 amide bonds. The SMILES string of the molecule is CCOc1ccc(Cl)cc1-c1nnc([C@H]2CCC[C@@H](C(=O)Nc3c4n(n(-c5ccccc5)c3=O)CC(NC)C4)C2)o1. The van der Waals surface area contributed by atoms with Crippen LogP contribution in [0.3, 0.4) is 0 Å². The van der Waals surface area contributed by atoms with E-state index < -0.39 is 0 Å². The number of halogens is 1. The van der Waals surface area contributed by atoms with E-state index in [1.165, 1.54) is 0 Å². The molecule has 4 aromatic rings. The minimum absolute atomic E-state index is 0.0649. The fourth-order valence-corrected chi connectivity index (χ4v) is 6.15. The highest BCUT2D eigenvalue weighted by molar-refractivity contribution is 6.30. The van der Waals surface area contributed by atoms with Gasteiger partial charge in [0.25, 0.3) is 11.4 Å². The lowest BCUT2D eigenvalue weighted by molar-refractivity contribution is -0.121. The van der Waals surface area contributed by atoms with Crippen molar-refractivity contribution in [1.82, 2.24) is 24.9 Å². The maximum Gasteiger partial charge on any atom is 0.295 e. The van der Waals surface area contributed by atoms with E-state index in [0.29, 0.717) is 59.8 Å². The molecule has 11 heteroatoms. The summed E-state index contributed by atoms with van der Waals surface area (Å²) in [4.78, 5) is 27.2. The Kier molecular flexibility index (Phi) is 7.68. The van der Waals surface area contributed by atoms with Gasteiger partial charge in [0, 0.05) is 29.3 Å². The lowest BCUT2D eigenvalue weighted by Gasteiger charge is -2.26. The average Bonchev–Trinajstić information content (AvgIpc) is 3.70. The van der Waals surface area contributed by atoms with Crippen LogP contribution in [0.5, 0.6) is 5.75 Å². The number of para-hydroxylation sites is 1. The minimum atomic E-state index is -0.282. The number of aromatic nitrogens is 4. The van der Waals surface area contributed by atoms with E-state index in [2.05, 4.69) is 20.8 Å². The average molecular weight is 577 g/mol. The number of nitrogens with one attached hydrogen (secondary N) is 2. The van der Waals surface area contributed by atoms with Crippen LogP contribution in [0.4, 0.5) is 5.69 Å². The van der Waals surface area contributed by atoms with Crippen molar-refractivity contribution in [2.45, 2.75) is 57.5 Å². The van der Waals surface area contributed by atoms with Gasteiger partial charge in [0.1, 0.15) is 11.4 Å². The van der Waals surface area contributed by atoms with Crippen molar-refractivity contribution < 1.29 is 13.9 Å². The topological polar surface area (TPSA) is 116 Å². The molecule has 214 valence electrons. The standard InChI is InChI=1S/C30H33ClN6O4/c1-3-40-25-13-12-20(31)15-23(25)29-35-34-28(41-29)19-9-7-8-18(14-19)27(38)33-26-24-16-21(32-2)17-36(24)37(30(26)39)22-10-5-4-6-11-22/h4-6,10-13,15,18-19,21,32H,3,7-9,14,16-17H2,1-2H3,(H,33,38)/t18-,19+,21?/m1/s1. The second-order valence-electron chi connectivity index (χ2n) is 10.6. The summed E-state index contributed by atoms with van der Waals surface area (Å²) < 4.78 is 15.5. The van der Waals surface area contributed by atoms with Crippen LogP contribution in [-0.2, 0) is 17.8 Å². The molecule has 1 aliphatic heterocycles. The van der Waals surface area contributed by atoms with E-state index in [9.17, 15) is 9.59 Å². The summed E-state index contributed by atoms with van der Waals surface area (Å²) in [5.74, 6) is 0.951. The zero-order chi connectivity index (χ0) is 28.5. The Balaban J connectivity index is 1.22. The van der Waals surface area contributed by atoms with Crippen LogP contribution >= 0.6 is 11.6 Å². The van der Waals surface area contributed by atoms with Crippen molar-refractivity contribution in [2.24, 2.45) is 5.92 Å². The summed E-state index contributed by atoms with van der Waals surface area (Å²) in [5, 5.41) is 15.5. The number of carbonyl (C=O) groups is 1. The third-order valence-corrected chi connectivity index (χ3v) is 8.28. The van der Waals surface area contributed by atoms with Crippen molar-refractivity contribution in [3.8, 4) is 22.9 Å². The van der Waals surface area contributed by atoms with Crippen molar-refractivity contribution in [3.05, 3.63) is 75.5 Å². The highest BCUT2D eigenvalue weighted by Crippen LogP contribution is 2.39. The molecular formula is C30H33ClN6O4. The van der Waals surface area contributed by atoms with Gasteiger partial charge in [0.2, 0.25) is 11.8 Å². The summed E-state index contributed by atoms with van der Waals surface area (Å²) in [5.41, 5.74) is 2.40. The highest BCUT2D eigenvalue weighted by atomic mass is 35.5. The van der Waals surface area contributed by atoms with Gasteiger partial charge in [-0.25, -0.2) is 4.68 Å². The van der Waals surface area contributed by atoms with Gasteiger partial charge in [-0.15, -0.1) is 10.2 Å². The lowest BCUT2D eigenvalue weighted by Crippen LogP contribution is -2.32. The number of nitrogens with zero attached hydrogens (tertiary/aromatic N) is 4. The highest BCUT2D eigenvalue weighted by Gasteiger charge is 2.35. The normalized spacial score (nSPS) is 20.1. The molecule has 1 aliphatic carbocycles. The molecule has 0 bridgehead atoms. The van der Waals surface area contributed by atoms with Gasteiger partial charge >= 0.3 is 0 Å². The molecular weight excluding hydrogens is 544 g/mol. The van der Waals surface area contributed by atoms with Crippen LogP contribution in [0, 0.1) is 5.92 Å². The van der Waals surface area contributed by atoms with Gasteiger partial charge in [-0.1, -0.05) is 36.2 Å². The smallest absolute Gasteiger partial charge is 0.295 e. The maximum absolute atomic E-state index is 13.6. The van der Waals surface area contributed by atoms with Crippen LogP contribution in [0.1, 0.15) is 50.1 Å². The fraction of sp³-hybridized carbons (Fsp3) is 0.400. The fourth-order valence-electron chi connectivity index (χ4n) is 5.98. The molecule has 2 aromatic heterocycles. The zero-order valence-electron chi connectivity index (χ0n) is 23.1. The number of likely N-dealkylation sites (N-methyl/N-ethyl adjacent to an activating group) is 1. The van der Waals surface area contributed by atoms with Crippen molar-refractivity contribution in [1.29, 1.82) is 0 Å². The third kappa shape index (κ3) is 5.29. The molecule has 2 N–H and O–H groups in total. The van der Waals surface area contributed by atoms with E-state index in [-0.39, 0.29) is 29.3 Å². The van der Waals surface area contributed by atoms with Gasteiger partial charge in [-0.05, 0) is 63.6 Å². The second-order valence-corrected chi connectivity index (χ2v) is 11.1. The molecule has 2 aliphatic rings. The molecule has 2 aromatic carbocycles. The quantitative estimate of drug-likeness (QED) is 0.309. The predicted octanol–water partition coefficient (Wildman–Crippen LogP) is 4.80. The van der Waals surface area contributed by atoms with Crippen LogP contribution < -0.4 is 20.9 Å².